The van der Waals surface area contributed by atoms with Crippen LogP contribution < -0.4 is 5.73 Å². The Hall–Kier alpha value is -0.160. The Labute approximate surface area is 104 Å². The minimum Gasteiger partial charge on any atom is -0.384 e. The molecule has 2 aliphatic rings. The first-order valence-electron chi connectivity index (χ1n) is 6.89. The van der Waals surface area contributed by atoms with Crippen molar-refractivity contribution >= 4 is 0 Å². The SMILES string of the molecule is COCC1CCN(C(CN)C2CCCO2)CC1. The van der Waals surface area contributed by atoms with Crippen LogP contribution in [-0.2, 0) is 9.47 Å². The molecule has 2 aliphatic heterocycles. The van der Waals surface area contributed by atoms with Gasteiger partial charge in [0.25, 0.3) is 0 Å². The summed E-state index contributed by atoms with van der Waals surface area (Å²) in [4.78, 5) is 2.53. The summed E-state index contributed by atoms with van der Waals surface area (Å²) in [6, 6.07) is 0.431. The Bertz CT molecular complexity index is 211. The van der Waals surface area contributed by atoms with Crippen molar-refractivity contribution in [2.75, 3.05) is 40.0 Å². The molecule has 0 aromatic rings. The first-order chi connectivity index (χ1) is 8.35. The highest BCUT2D eigenvalue weighted by atomic mass is 16.5. The van der Waals surface area contributed by atoms with E-state index in [1.54, 1.807) is 7.11 Å². The van der Waals surface area contributed by atoms with Gasteiger partial charge in [0.1, 0.15) is 0 Å². The van der Waals surface area contributed by atoms with Crippen molar-refractivity contribution in [1.29, 1.82) is 0 Å². The molecule has 2 N–H and O–H groups in total. The van der Waals surface area contributed by atoms with Crippen LogP contribution in [0.5, 0.6) is 0 Å². The van der Waals surface area contributed by atoms with Crippen LogP contribution in [0.15, 0.2) is 0 Å². The van der Waals surface area contributed by atoms with Crippen molar-refractivity contribution in [2.24, 2.45) is 11.7 Å². The van der Waals surface area contributed by atoms with Crippen molar-refractivity contribution in [2.45, 2.75) is 37.8 Å². The van der Waals surface area contributed by atoms with E-state index >= 15 is 0 Å². The van der Waals surface area contributed by atoms with Crippen molar-refractivity contribution in [3.8, 4) is 0 Å². The van der Waals surface area contributed by atoms with Crippen molar-refractivity contribution in [1.82, 2.24) is 4.90 Å². The molecule has 2 fully saturated rings. The molecule has 4 heteroatoms. The maximum Gasteiger partial charge on any atom is 0.0743 e. The van der Waals surface area contributed by atoms with E-state index in [0.717, 1.165) is 38.8 Å². The van der Waals surface area contributed by atoms with E-state index in [4.69, 9.17) is 15.2 Å². The van der Waals surface area contributed by atoms with Gasteiger partial charge in [-0.3, -0.25) is 4.90 Å². The van der Waals surface area contributed by atoms with E-state index in [2.05, 4.69) is 4.90 Å². The van der Waals surface area contributed by atoms with Gasteiger partial charge in [0, 0.05) is 32.9 Å². The second-order valence-electron chi connectivity index (χ2n) is 5.29. The van der Waals surface area contributed by atoms with Gasteiger partial charge in [0.05, 0.1) is 6.10 Å². The molecule has 0 saturated carbocycles. The van der Waals surface area contributed by atoms with Gasteiger partial charge in [-0.25, -0.2) is 0 Å². The molecule has 17 heavy (non-hydrogen) atoms. The number of ether oxygens (including phenoxy) is 2. The largest absolute Gasteiger partial charge is 0.384 e. The molecular formula is C13H26N2O2. The molecule has 2 atom stereocenters. The summed E-state index contributed by atoms with van der Waals surface area (Å²) in [6.45, 7) is 4.84. The Kier molecular flexibility index (Phi) is 5.22. The van der Waals surface area contributed by atoms with E-state index in [1.165, 1.54) is 25.7 Å². The molecule has 4 nitrogen and oxygen atoms in total. The quantitative estimate of drug-likeness (QED) is 0.776. The maximum absolute atomic E-state index is 5.93. The first-order valence-corrected chi connectivity index (χ1v) is 6.89. The molecule has 0 aromatic heterocycles. The highest BCUT2D eigenvalue weighted by Crippen LogP contribution is 2.24. The van der Waals surface area contributed by atoms with Gasteiger partial charge in [-0.2, -0.15) is 0 Å². The number of hydrogen-bond donors (Lipinski definition) is 1. The predicted octanol–water partition coefficient (Wildman–Crippen LogP) is 0.851. The van der Waals surface area contributed by atoms with Gasteiger partial charge < -0.3 is 15.2 Å². The lowest BCUT2D eigenvalue weighted by atomic mass is 9.95. The van der Waals surface area contributed by atoms with Crippen LogP contribution in [0.2, 0.25) is 0 Å². The molecule has 2 unspecified atom stereocenters. The number of hydrogen-bond acceptors (Lipinski definition) is 4. The fourth-order valence-electron chi connectivity index (χ4n) is 3.13. The van der Waals surface area contributed by atoms with E-state index in [-0.39, 0.29) is 0 Å². The summed E-state index contributed by atoms with van der Waals surface area (Å²) >= 11 is 0. The Morgan fingerprint density at radius 1 is 1.35 bits per heavy atom. The molecular weight excluding hydrogens is 216 g/mol. The van der Waals surface area contributed by atoms with E-state index in [0.29, 0.717) is 12.1 Å². The second kappa shape index (κ2) is 6.69. The topological polar surface area (TPSA) is 47.7 Å². The molecule has 0 amide bonds. The van der Waals surface area contributed by atoms with Gasteiger partial charge in [-0.15, -0.1) is 0 Å². The first kappa shape index (κ1) is 13.3. The van der Waals surface area contributed by atoms with E-state index in [9.17, 15) is 0 Å². The second-order valence-corrected chi connectivity index (χ2v) is 5.29. The van der Waals surface area contributed by atoms with Crippen molar-refractivity contribution < 1.29 is 9.47 Å². The van der Waals surface area contributed by atoms with Gasteiger partial charge in [-0.1, -0.05) is 0 Å². The predicted molar refractivity (Wildman–Crippen MR) is 68.0 cm³/mol. The minimum atomic E-state index is 0.374. The lowest BCUT2D eigenvalue weighted by molar-refractivity contribution is 0.00591. The third-order valence-electron chi connectivity index (χ3n) is 4.16. The van der Waals surface area contributed by atoms with E-state index in [1.807, 2.05) is 0 Å². The zero-order valence-corrected chi connectivity index (χ0v) is 10.9. The van der Waals surface area contributed by atoms with Crippen LogP contribution in [0.1, 0.15) is 25.7 Å². The molecule has 0 radical (unpaired) electrons. The number of methoxy groups -OCH3 is 1. The number of rotatable bonds is 5. The fourth-order valence-corrected chi connectivity index (χ4v) is 3.13. The smallest absolute Gasteiger partial charge is 0.0743 e. The molecule has 2 heterocycles. The number of piperidine rings is 1. The molecule has 0 spiro atoms. The third-order valence-corrected chi connectivity index (χ3v) is 4.16. The molecule has 100 valence electrons. The number of nitrogens with zero attached hydrogens (tertiary/aromatic N) is 1. The number of likely N-dealkylation sites (tertiary alicyclic amines) is 1. The summed E-state index contributed by atoms with van der Waals surface area (Å²) in [6.07, 6.45) is 5.22. The molecule has 2 saturated heterocycles. The summed E-state index contributed by atoms with van der Waals surface area (Å²) < 4.78 is 11.0. The molecule has 0 aliphatic carbocycles. The zero-order chi connectivity index (χ0) is 12.1. The molecule has 0 bridgehead atoms. The highest BCUT2D eigenvalue weighted by Gasteiger charge is 2.32. The van der Waals surface area contributed by atoms with Crippen LogP contribution >= 0.6 is 0 Å². The van der Waals surface area contributed by atoms with Gasteiger partial charge >= 0.3 is 0 Å². The standard InChI is InChI=1S/C13H26N2O2/c1-16-10-11-4-6-15(7-5-11)12(9-14)13-3-2-8-17-13/h11-13H,2-10,14H2,1H3. The Morgan fingerprint density at radius 3 is 2.65 bits per heavy atom. The van der Waals surface area contributed by atoms with Gasteiger partial charge in [-0.05, 0) is 44.7 Å². The lowest BCUT2D eigenvalue weighted by Gasteiger charge is -2.39. The monoisotopic (exact) mass is 242 g/mol. The average Bonchev–Trinajstić information content (AvgIpc) is 2.86. The lowest BCUT2D eigenvalue weighted by Crippen LogP contribution is -2.51. The Morgan fingerprint density at radius 2 is 2.12 bits per heavy atom. The van der Waals surface area contributed by atoms with Gasteiger partial charge in [0.2, 0.25) is 0 Å². The highest BCUT2D eigenvalue weighted by molar-refractivity contribution is 4.86. The summed E-state index contributed by atoms with van der Waals surface area (Å²) in [7, 11) is 1.79. The zero-order valence-electron chi connectivity index (χ0n) is 10.9. The maximum atomic E-state index is 5.93. The van der Waals surface area contributed by atoms with Crippen molar-refractivity contribution in [3.63, 3.8) is 0 Å². The summed E-state index contributed by atoms with van der Waals surface area (Å²) in [5.74, 6) is 0.735. The van der Waals surface area contributed by atoms with Crippen LogP contribution in [0.4, 0.5) is 0 Å². The third kappa shape index (κ3) is 3.41. The fraction of sp³-hybridized carbons (Fsp3) is 1.00. The van der Waals surface area contributed by atoms with E-state index < -0.39 is 0 Å². The minimum absolute atomic E-state index is 0.374. The van der Waals surface area contributed by atoms with Crippen molar-refractivity contribution in [3.05, 3.63) is 0 Å². The summed E-state index contributed by atoms with van der Waals surface area (Å²) in [5.41, 5.74) is 5.93. The summed E-state index contributed by atoms with van der Waals surface area (Å²) in [5, 5.41) is 0. The van der Waals surface area contributed by atoms with Crippen LogP contribution in [0.3, 0.4) is 0 Å². The molecule has 2 rings (SSSR count). The van der Waals surface area contributed by atoms with Crippen LogP contribution in [-0.4, -0.2) is 57.0 Å². The van der Waals surface area contributed by atoms with Gasteiger partial charge in [0.15, 0.2) is 0 Å². The van der Waals surface area contributed by atoms with Crippen LogP contribution in [0.25, 0.3) is 0 Å². The number of nitrogens with two attached hydrogens (primary N) is 1. The average molecular weight is 242 g/mol. The Balaban J connectivity index is 1.81. The molecule has 0 aromatic carbocycles. The normalized spacial score (nSPS) is 29.6. The van der Waals surface area contributed by atoms with Crippen LogP contribution in [0, 0.1) is 5.92 Å².